The van der Waals surface area contributed by atoms with Crippen LogP contribution in [0.1, 0.15) is 38.5 Å². The van der Waals surface area contributed by atoms with Gasteiger partial charge in [0.25, 0.3) is 0 Å². The summed E-state index contributed by atoms with van der Waals surface area (Å²) in [5.41, 5.74) is 1.48. The summed E-state index contributed by atoms with van der Waals surface area (Å²) in [5.74, 6) is 1.66. The number of urea groups is 1. The van der Waals surface area contributed by atoms with E-state index in [0.29, 0.717) is 18.2 Å². The molecule has 1 aromatic rings. The van der Waals surface area contributed by atoms with Crippen LogP contribution in [0.15, 0.2) is 24.3 Å². The number of rotatable bonds is 5. The number of anilines is 2. The van der Waals surface area contributed by atoms with Crippen molar-refractivity contribution in [3.63, 3.8) is 0 Å². The van der Waals surface area contributed by atoms with Crippen molar-refractivity contribution in [3.05, 3.63) is 24.3 Å². The van der Waals surface area contributed by atoms with Crippen LogP contribution >= 0.6 is 0 Å². The zero-order valence-electron chi connectivity index (χ0n) is 15.0. The van der Waals surface area contributed by atoms with E-state index in [4.69, 9.17) is 4.74 Å². The lowest BCUT2D eigenvalue weighted by atomic mass is 9.88. The normalized spacial score (nSPS) is 29.5. The predicted octanol–water partition coefficient (Wildman–Crippen LogP) is 3.36. The molecule has 3 amide bonds. The molecule has 6 nitrogen and oxygen atoms in total. The highest BCUT2D eigenvalue weighted by molar-refractivity contribution is 5.94. The smallest absolute Gasteiger partial charge is 0.319 e. The first kappa shape index (κ1) is 17.3. The highest BCUT2D eigenvalue weighted by Gasteiger charge is 2.42. The molecule has 3 N–H and O–H groups in total. The van der Waals surface area contributed by atoms with E-state index in [9.17, 15) is 9.59 Å². The van der Waals surface area contributed by atoms with Crippen molar-refractivity contribution in [1.82, 2.24) is 5.32 Å². The standard InChI is InChI=1S/C20H27N3O3/c24-19(18-11-13-3-4-14(18)10-13)22-15-5-7-16(8-6-15)23-20(25)21-12-17-2-1-9-26-17/h5-8,13-14,17-18H,1-4,9-12H2,(H,22,24)(H2,21,23,25). The van der Waals surface area contributed by atoms with Crippen LogP contribution in [0.4, 0.5) is 16.2 Å². The molecule has 0 radical (unpaired) electrons. The van der Waals surface area contributed by atoms with Gasteiger partial charge in [-0.05, 0) is 68.2 Å². The Balaban J connectivity index is 1.24. The third-order valence-corrected chi connectivity index (χ3v) is 6.00. The fourth-order valence-electron chi connectivity index (χ4n) is 4.62. The van der Waals surface area contributed by atoms with Crippen LogP contribution in [0.3, 0.4) is 0 Å². The maximum absolute atomic E-state index is 12.5. The van der Waals surface area contributed by atoms with E-state index in [1.54, 1.807) is 0 Å². The molecule has 4 atom stereocenters. The molecule has 2 bridgehead atoms. The SMILES string of the molecule is O=C(NCC1CCCO1)Nc1ccc(NC(=O)C2CC3CCC2C3)cc1. The van der Waals surface area contributed by atoms with Gasteiger partial charge in [-0.2, -0.15) is 0 Å². The van der Waals surface area contributed by atoms with Gasteiger partial charge in [0.1, 0.15) is 0 Å². The number of amides is 3. The van der Waals surface area contributed by atoms with E-state index in [1.165, 1.54) is 19.3 Å². The summed E-state index contributed by atoms with van der Waals surface area (Å²) in [4.78, 5) is 24.4. The van der Waals surface area contributed by atoms with Crippen LogP contribution in [0.5, 0.6) is 0 Å². The molecule has 1 aliphatic heterocycles. The summed E-state index contributed by atoms with van der Waals surface area (Å²) in [6.45, 7) is 1.31. The second-order valence-electron chi connectivity index (χ2n) is 7.82. The highest BCUT2D eigenvalue weighted by atomic mass is 16.5. The number of hydrogen-bond acceptors (Lipinski definition) is 3. The van der Waals surface area contributed by atoms with Crippen LogP contribution in [0.2, 0.25) is 0 Å². The number of nitrogens with one attached hydrogen (secondary N) is 3. The summed E-state index contributed by atoms with van der Waals surface area (Å²) in [5, 5.41) is 8.66. The molecule has 1 saturated heterocycles. The number of carbonyl (C=O) groups excluding carboxylic acids is 2. The largest absolute Gasteiger partial charge is 0.376 e. The Labute approximate surface area is 154 Å². The molecule has 0 spiro atoms. The minimum absolute atomic E-state index is 0.129. The molecule has 1 heterocycles. The quantitative estimate of drug-likeness (QED) is 0.756. The lowest BCUT2D eigenvalue weighted by molar-refractivity contribution is -0.121. The lowest BCUT2D eigenvalue weighted by Crippen LogP contribution is -2.35. The summed E-state index contributed by atoms with van der Waals surface area (Å²) < 4.78 is 5.48. The maximum Gasteiger partial charge on any atom is 0.319 e. The third kappa shape index (κ3) is 4.01. The molecule has 3 aliphatic rings. The van der Waals surface area contributed by atoms with E-state index in [0.717, 1.165) is 37.5 Å². The molecule has 26 heavy (non-hydrogen) atoms. The third-order valence-electron chi connectivity index (χ3n) is 6.00. The molecular weight excluding hydrogens is 330 g/mol. The van der Waals surface area contributed by atoms with Gasteiger partial charge in [0, 0.05) is 30.4 Å². The van der Waals surface area contributed by atoms with Gasteiger partial charge in [-0.1, -0.05) is 6.42 Å². The molecule has 2 aliphatic carbocycles. The first-order chi connectivity index (χ1) is 12.7. The molecule has 6 heteroatoms. The maximum atomic E-state index is 12.5. The van der Waals surface area contributed by atoms with Gasteiger partial charge in [-0.25, -0.2) is 4.79 Å². The van der Waals surface area contributed by atoms with E-state index in [-0.39, 0.29) is 24.0 Å². The summed E-state index contributed by atoms with van der Waals surface area (Å²) in [6.07, 6.45) is 6.95. The molecule has 3 fully saturated rings. The number of hydrogen-bond donors (Lipinski definition) is 3. The number of fused-ring (bicyclic) bond motifs is 2. The van der Waals surface area contributed by atoms with Crippen molar-refractivity contribution < 1.29 is 14.3 Å². The van der Waals surface area contributed by atoms with Crippen molar-refractivity contribution in [1.29, 1.82) is 0 Å². The zero-order chi connectivity index (χ0) is 17.9. The second kappa shape index (κ2) is 7.66. The first-order valence-electron chi connectivity index (χ1n) is 9.75. The molecule has 0 aromatic heterocycles. The molecule has 4 unspecified atom stereocenters. The van der Waals surface area contributed by atoms with Crippen LogP contribution in [-0.4, -0.2) is 31.2 Å². The minimum atomic E-state index is -0.237. The number of benzene rings is 1. The van der Waals surface area contributed by atoms with E-state index in [2.05, 4.69) is 16.0 Å². The fourth-order valence-corrected chi connectivity index (χ4v) is 4.62. The highest BCUT2D eigenvalue weighted by Crippen LogP contribution is 2.48. The van der Waals surface area contributed by atoms with Gasteiger partial charge >= 0.3 is 6.03 Å². The van der Waals surface area contributed by atoms with Crippen molar-refractivity contribution >= 4 is 23.3 Å². The Morgan fingerprint density at radius 2 is 1.77 bits per heavy atom. The molecule has 2 saturated carbocycles. The van der Waals surface area contributed by atoms with Gasteiger partial charge in [0.05, 0.1) is 6.10 Å². The summed E-state index contributed by atoms with van der Waals surface area (Å²) in [7, 11) is 0. The summed E-state index contributed by atoms with van der Waals surface area (Å²) >= 11 is 0. The number of carbonyl (C=O) groups is 2. The van der Waals surface area contributed by atoms with Gasteiger partial charge in [-0.15, -0.1) is 0 Å². The van der Waals surface area contributed by atoms with Gasteiger partial charge in [-0.3, -0.25) is 4.79 Å². The monoisotopic (exact) mass is 357 g/mol. The summed E-state index contributed by atoms with van der Waals surface area (Å²) in [6, 6.07) is 7.05. The molecule has 4 rings (SSSR count). The van der Waals surface area contributed by atoms with Crippen molar-refractivity contribution in [2.45, 2.75) is 44.6 Å². The Kier molecular flexibility index (Phi) is 5.11. The van der Waals surface area contributed by atoms with E-state index < -0.39 is 0 Å². The van der Waals surface area contributed by atoms with Gasteiger partial charge < -0.3 is 20.7 Å². The molecular formula is C20H27N3O3. The van der Waals surface area contributed by atoms with Crippen molar-refractivity contribution in [2.75, 3.05) is 23.8 Å². The van der Waals surface area contributed by atoms with Crippen LogP contribution in [0, 0.1) is 17.8 Å². The van der Waals surface area contributed by atoms with Crippen LogP contribution in [-0.2, 0) is 9.53 Å². The Morgan fingerprint density at radius 1 is 1.00 bits per heavy atom. The minimum Gasteiger partial charge on any atom is -0.376 e. The van der Waals surface area contributed by atoms with Crippen LogP contribution < -0.4 is 16.0 Å². The van der Waals surface area contributed by atoms with Crippen LogP contribution in [0.25, 0.3) is 0 Å². The van der Waals surface area contributed by atoms with E-state index in [1.807, 2.05) is 24.3 Å². The topological polar surface area (TPSA) is 79.5 Å². The average molecular weight is 357 g/mol. The Hall–Kier alpha value is -2.08. The molecule has 140 valence electrons. The van der Waals surface area contributed by atoms with Gasteiger partial charge in [0.2, 0.25) is 5.91 Å². The Morgan fingerprint density at radius 3 is 2.38 bits per heavy atom. The van der Waals surface area contributed by atoms with Crippen molar-refractivity contribution in [3.8, 4) is 0 Å². The Bertz CT molecular complexity index is 655. The number of ether oxygens (including phenoxy) is 1. The zero-order valence-corrected chi connectivity index (χ0v) is 15.0. The average Bonchev–Trinajstić information content (AvgIpc) is 3.39. The van der Waals surface area contributed by atoms with Crippen molar-refractivity contribution in [2.24, 2.45) is 17.8 Å². The van der Waals surface area contributed by atoms with Gasteiger partial charge in [0.15, 0.2) is 0 Å². The molecule has 1 aromatic carbocycles. The fraction of sp³-hybridized carbons (Fsp3) is 0.600. The predicted molar refractivity (Wildman–Crippen MR) is 100 cm³/mol. The lowest BCUT2D eigenvalue weighted by Gasteiger charge is -2.20. The first-order valence-corrected chi connectivity index (χ1v) is 9.75. The second-order valence-corrected chi connectivity index (χ2v) is 7.82. The van der Waals surface area contributed by atoms with E-state index >= 15 is 0 Å².